The molecule has 2 atom stereocenters. The Labute approximate surface area is 242 Å². The Kier molecular flexibility index (Phi) is 7.56. The van der Waals surface area contributed by atoms with Gasteiger partial charge in [0, 0.05) is 70.2 Å². The number of carbonyl (C=O) groups excluding carboxylic acids is 1. The van der Waals surface area contributed by atoms with Crippen LogP contribution in [0.5, 0.6) is 11.5 Å². The van der Waals surface area contributed by atoms with Crippen molar-refractivity contribution in [1.29, 1.82) is 0 Å². The van der Waals surface area contributed by atoms with Crippen LogP contribution in [0.3, 0.4) is 0 Å². The van der Waals surface area contributed by atoms with E-state index < -0.39 is 9.84 Å². The number of amides is 1. The van der Waals surface area contributed by atoms with Crippen LogP contribution >= 0.6 is 0 Å². The molecule has 0 saturated carbocycles. The smallest absolute Gasteiger partial charge is 0.270 e. The van der Waals surface area contributed by atoms with Crippen LogP contribution in [-0.4, -0.2) is 85.2 Å². The molecule has 0 bridgehead atoms. The molecule has 0 N–H and O–H groups in total. The maximum atomic E-state index is 13.3. The van der Waals surface area contributed by atoms with E-state index in [-0.39, 0.29) is 28.5 Å². The monoisotopic (exact) mass is 578 g/mol. The molecule has 9 nitrogen and oxygen atoms in total. The molecule has 4 heterocycles. The Morgan fingerprint density at radius 1 is 0.927 bits per heavy atom. The van der Waals surface area contributed by atoms with Gasteiger partial charge in [-0.2, -0.15) is 0 Å². The molecule has 1 aromatic heterocycles. The molecule has 6 rings (SSSR count). The van der Waals surface area contributed by atoms with Crippen molar-refractivity contribution in [1.82, 2.24) is 19.3 Å². The van der Waals surface area contributed by atoms with Gasteiger partial charge in [-0.25, -0.2) is 8.42 Å². The minimum Gasteiger partial charge on any atom is -0.454 e. The molecular formula is C31H38N4O5S. The highest BCUT2D eigenvalue weighted by Crippen LogP contribution is 2.36. The second-order valence-electron chi connectivity index (χ2n) is 11.4. The van der Waals surface area contributed by atoms with Crippen molar-refractivity contribution in [2.45, 2.75) is 54.6 Å². The molecule has 0 spiro atoms. The quantitative estimate of drug-likeness (QED) is 0.438. The van der Waals surface area contributed by atoms with Gasteiger partial charge >= 0.3 is 0 Å². The minimum absolute atomic E-state index is 0.104. The maximum Gasteiger partial charge on any atom is 0.270 e. The van der Waals surface area contributed by atoms with Crippen molar-refractivity contribution in [3.05, 3.63) is 72.1 Å². The van der Waals surface area contributed by atoms with Gasteiger partial charge in [0.2, 0.25) is 16.6 Å². The molecule has 41 heavy (non-hydrogen) atoms. The summed E-state index contributed by atoms with van der Waals surface area (Å²) in [7, 11) is -1.75. The Balaban J connectivity index is 1.05. The molecule has 0 radical (unpaired) electrons. The molecule has 2 aromatic carbocycles. The van der Waals surface area contributed by atoms with Gasteiger partial charge in [-0.15, -0.1) is 0 Å². The number of sulfone groups is 1. The molecule has 0 aliphatic carbocycles. The molecule has 218 valence electrons. The summed E-state index contributed by atoms with van der Waals surface area (Å²) in [5.74, 6) is 1.14. The number of carbonyl (C=O) groups is 1. The summed E-state index contributed by atoms with van der Waals surface area (Å²) >= 11 is 0. The normalized spacial score (nSPS) is 21.2. The van der Waals surface area contributed by atoms with E-state index in [2.05, 4.69) is 23.6 Å². The number of ether oxygens (including phenoxy) is 2. The number of rotatable bonds is 6. The third-order valence-corrected chi connectivity index (χ3v) is 10.7. The first-order valence-electron chi connectivity index (χ1n) is 14.4. The van der Waals surface area contributed by atoms with E-state index >= 15 is 0 Å². The molecule has 2 saturated heterocycles. The number of benzene rings is 2. The van der Waals surface area contributed by atoms with Crippen molar-refractivity contribution < 1.29 is 22.7 Å². The standard InChI is InChI=1S/C31H38N4O5S/c1-22-20-34(25-12-15-33(16-13-25)31(36)28-5-4-14-32(28)3)17-18-35(22)23(2)24-6-8-26(9-7-24)41(37,38)27-10-11-29-30(19-27)40-21-39-29/h4-11,14,19,22-23,25H,12-13,15-18,20-21H2,1-3H3/t22-,23+/m1/s1. The maximum absolute atomic E-state index is 13.3. The number of fused-ring (bicyclic) bond motifs is 1. The number of nitrogens with zero attached hydrogens (tertiary/aromatic N) is 4. The molecule has 2 fully saturated rings. The van der Waals surface area contributed by atoms with Crippen LogP contribution in [0.1, 0.15) is 48.8 Å². The van der Waals surface area contributed by atoms with Crippen LogP contribution in [0.2, 0.25) is 0 Å². The molecule has 1 amide bonds. The summed E-state index contributed by atoms with van der Waals surface area (Å²) in [6, 6.07) is 16.8. The van der Waals surface area contributed by atoms with E-state index in [1.807, 2.05) is 47.0 Å². The predicted octanol–water partition coefficient (Wildman–Crippen LogP) is 3.96. The van der Waals surface area contributed by atoms with Gasteiger partial charge in [0.15, 0.2) is 11.5 Å². The zero-order valence-electron chi connectivity index (χ0n) is 23.9. The number of hydrogen-bond donors (Lipinski definition) is 0. The summed E-state index contributed by atoms with van der Waals surface area (Å²) in [6.07, 6.45) is 3.91. The summed E-state index contributed by atoms with van der Waals surface area (Å²) in [5.41, 5.74) is 1.85. The fourth-order valence-corrected chi connectivity index (χ4v) is 7.76. The highest BCUT2D eigenvalue weighted by molar-refractivity contribution is 7.91. The fourth-order valence-electron chi connectivity index (χ4n) is 6.48. The van der Waals surface area contributed by atoms with Gasteiger partial charge in [0.05, 0.1) is 9.79 Å². The molecule has 3 aliphatic heterocycles. The third-order valence-electron chi connectivity index (χ3n) is 8.97. The second kappa shape index (κ2) is 11.2. The first kappa shape index (κ1) is 27.8. The van der Waals surface area contributed by atoms with Crippen LogP contribution in [0.25, 0.3) is 0 Å². The summed E-state index contributed by atoms with van der Waals surface area (Å²) in [6.45, 7) is 9.08. The van der Waals surface area contributed by atoms with E-state index in [1.165, 1.54) is 6.07 Å². The Bertz CT molecular complexity index is 1510. The van der Waals surface area contributed by atoms with E-state index in [4.69, 9.17) is 9.47 Å². The number of hydrogen-bond acceptors (Lipinski definition) is 7. The number of piperidine rings is 1. The lowest BCUT2D eigenvalue weighted by atomic mass is 9.98. The fraction of sp³-hybridized carbons (Fsp3) is 0.452. The van der Waals surface area contributed by atoms with Gasteiger partial charge in [0.25, 0.3) is 5.91 Å². The first-order valence-corrected chi connectivity index (χ1v) is 15.9. The number of likely N-dealkylation sites (tertiary alicyclic amines) is 1. The molecular weight excluding hydrogens is 540 g/mol. The lowest BCUT2D eigenvalue weighted by Gasteiger charge is -2.47. The number of piperazine rings is 1. The van der Waals surface area contributed by atoms with E-state index in [9.17, 15) is 13.2 Å². The molecule has 3 aromatic rings. The summed E-state index contributed by atoms with van der Waals surface area (Å²) in [5, 5.41) is 0. The molecule has 0 unspecified atom stereocenters. The number of aryl methyl sites for hydroxylation is 1. The van der Waals surface area contributed by atoms with Crippen molar-refractivity contribution in [2.75, 3.05) is 39.5 Å². The predicted molar refractivity (Wildman–Crippen MR) is 155 cm³/mol. The Morgan fingerprint density at radius 3 is 2.32 bits per heavy atom. The highest BCUT2D eigenvalue weighted by Gasteiger charge is 2.34. The zero-order valence-corrected chi connectivity index (χ0v) is 24.7. The third kappa shape index (κ3) is 5.36. The van der Waals surface area contributed by atoms with Crippen LogP contribution < -0.4 is 9.47 Å². The second-order valence-corrected chi connectivity index (χ2v) is 13.3. The lowest BCUT2D eigenvalue weighted by molar-refractivity contribution is 0.0134. The van der Waals surface area contributed by atoms with Crippen LogP contribution in [-0.2, 0) is 16.9 Å². The van der Waals surface area contributed by atoms with Crippen molar-refractivity contribution in [3.63, 3.8) is 0 Å². The van der Waals surface area contributed by atoms with E-state index in [1.54, 1.807) is 24.3 Å². The van der Waals surface area contributed by atoms with Crippen molar-refractivity contribution in [3.8, 4) is 11.5 Å². The minimum atomic E-state index is -3.66. The largest absolute Gasteiger partial charge is 0.454 e. The van der Waals surface area contributed by atoms with Crippen LogP contribution in [0, 0.1) is 0 Å². The molecule has 3 aliphatic rings. The van der Waals surface area contributed by atoms with Gasteiger partial charge in [-0.1, -0.05) is 12.1 Å². The van der Waals surface area contributed by atoms with Crippen molar-refractivity contribution in [2.24, 2.45) is 7.05 Å². The van der Waals surface area contributed by atoms with Crippen LogP contribution in [0.4, 0.5) is 0 Å². The Hall–Kier alpha value is -3.34. The van der Waals surface area contributed by atoms with Gasteiger partial charge in [-0.05, 0) is 68.7 Å². The summed E-state index contributed by atoms with van der Waals surface area (Å²) in [4.78, 5) is 20.5. The van der Waals surface area contributed by atoms with Gasteiger partial charge < -0.3 is 18.9 Å². The number of aromatic nitrogens is 1. The van der Waals surface area contributed by atoms with Gasteiger partial charge in [-0.3, -0.25) is 14.6 Å². The first-order chi connectivity index (χ1) is 19.7. The van der Waals surface area contributed by atoms with E-state index in [0.717, 1.165) is 56.8 Å². The van der Waals surface area contributed by atoms with E-state index in [0.29, 0.717) is 23.6 Å². The topological polar surface area (TPSA) is 84.3 Å². The lowest BCUT2D eigenvalue weighted by Crippen LogP contribution is -2.57. The SMILES string of the molecule is C[C@@H]1CN(C2CCN(C(=O)c3cccn3C)CC2)CCN1[C@@H](C)c1ccc(S(=O)(=O)c2ccc3c(c2)OCO3)cc1. The zero-order chi connectivity index (χ0) is 28.7. The van der Waals surface area contributed by atoms with Crippen molar-refractivity contribution >= 4 is 15.7 Å². The summed E-state index contributed by atoms with van der Waals surface area (Å²) < 4.78 is 39.1. The average molecular weight is 579 g/mol. The molecule has 10 heteroatoms. The highest BCUT2D eigenvalue weighted by atomic mass is 32.2. The average Bonchev–Trinajstić information content (AvgIpc) is 3.65. The van der Waals surface area contributed by atoms with Gasteiger partial charge in [0.1, 0.15) is 5.69 Å². The Morgan fingerprint density at radius 2 is 1.63 bits per heavy atom. The van der Waals surface area contributed by atoms with Crippen LogP contribution in [0.15, 0.2) is 70.6 Å².